The smallest absolute Gasteiger partial charge is 0.390 e. The standard InChI is InChI=1S/C19H18F4N2O2/c20-15-3-5-16(6-4-15)24-18(26)13-1-2-14-12-25(8-7-19(21,22)23)9-10-27-17(14)11-13/h1-6,11H,7-10,12H2,(H,24,26). The molecule has 27 heavy (non-hydrogen) atoms. The first-order valence-electron chi connectivity index (χ1n) is 8.42. The summed E-state index contributed by atoms with van der Waals surface area (Å²) in [7, 11) is 0. The topological polar surface area (TPSA) is 41.6 Å². The number of carbonyl (C=O) groups excluding carboxylic acids is 1. The first-order chi connectivity index (χ1) is 12.8. The van der Waals surface area contributed by atoms with E-state index in [0.29, 0.717) is 30.1 Å². The Kier molecular flexibility index (Phi) is 5.65. The number of halogens is 4. The number of rotatable bonds is 4. The van der Waals surface area contributed by atoms with Gasteiger partial charge in [-0.15, -0.1) is 0 Å². The molecule has 1 N–H and O–H groups in total. The van der Waals surface area contributed by atoms with E-state index in [1.165, 1.54) is 24.3 Å². The summed E-state index contributed by atoms with van der Waals surface area (Å²) in [6, 6.07) is 10.2. The largest absolute Gasteiger partial charge is 0.492 e. The molecule has 0 atom stereocenters. The zero-order chi connectivity index (χ0) is 19.4. The average molecular weight is 382 g/mol. The van der Waals surface area contributed by atoms with E-state index in [1.54, 1.807) is 23.1 Å². The molecule has 1 amide bonds. The Bertz CT molecular complexity index is 806. The van der Waals surface area contributed by atoms with E-state index in [1.807, 2.05) is 0 Å². The van der Waals surface area contributed by atoms with Crippen molar-refractivity contribution < 1.29 is 27.1 Å². The van der Waals surface area contributed by atoms with E-state index in [4.69, 9.17) is 4.74 Å². The van der Waals surface area contributed by atoms with Gasteiger partial charge < -0.3 is 10.1 Å². The Morgan fingerprint density at radius 1 is 1.15 bits per heavy atom. The van der Waals surface area contributed by atoms with E-state index in [0.717, 1.165) is 5.56 Å². The summed E-state index contributed by atoms with van der Waals surface area (Å²) in [5.74, 6) is -0.302. The highest BCUT2D eigenvalue weighted by Crippen LogP contribution is 2.27. The molecule has 1 aliphatic heterocycles. The zero-order valence-corrected chi connectivity index (χ0v) is 14.4. The maximum atomic E-state index is 12.9. The molecule has 0 aliphatic carbocycles. The molecule has 1 heterocycles. The number of anilines is 1. The third kappa shape index (κ3) is 5.43. The third-order valence-electron chi connectivity index (χ3n) is 4.20. The summed E-state index contributed by atoms with van der Waals surface area (Å²) in [6.45, 7) is 0.847. The molecule has 0 bridgehead atoms. The summed E-state index contributed by atoms with van der Waals surface area (Å²) in [4.78, 5) is 14.0. The molecule has 0 spiro atoms. The summed E-state index contributed by atoms with van der Waals surface area (Å²) < 4.78 is 55.8. The van der Waals surface area contributed by atoms with Crippen LogP contribution in [0.4, 0.5) is 23.2 Å². The first-order valence-corrected chi connectivity index (χ1v) is 8.42. The van der Waals surface area contributed by atoms with Crippen LogP contribution in [0.2, 0.25) is 0 Å². The molecule has 1 aliphatic rings. The maximum absolute atomic E-state index is 12.9. The van der Waals surface area contributed by atoms with Gasteiger partial charge in [0.25, 0.3) is 5.91 Å². The van der Waals surface area contributed by atoms with Gasteiger partial charge in [0, 0.05) is 36.4 Å². The number of carbonyl (C=O) groups is 1. The van der Waals surface area contributed by atoms with Gasteiger partial charge in [-0.25, -0.2) is 4.39 Å². The third-order valence-corrected chi connectivity index (χ3v) is 4.20. The number of fused-ring (bicyclic) bond motifs is 1. The lowest BCUT2D eigenvalue weighted by atomic mass is 10.1. The lowest BCUT2D eigenvalue weighted by Crippen LogP contribution is -2.29. The molecule has 3 rings (SSSR count). The zero-order valence-electron chi connectivity index (χ0n) is 14.4. The highest BCUT2D eigenvalue weighted by Gasteiger charge is 2.28. The highest BCUT2D eigenvalue weighted by atomic mass is 19.4. The molecule has 0 aromatic heterocycles. The van der Waals surface area contributed by atoms with Crippen molar-refractivity contribution in [2.75, 3.05) is 25.0 Å². The van der Waals surface area contributed by atoms with Gasteiger partial charge in [-0.2, -0.15) is 13.2 Å². The van der Waals surface area contributed by atoms with Crippen molar-refractivity contribution in [3.63, 3.8) is 0 Å². The number of benzene rings is 2. The van der Waals surface area contributed by atoms with Gasteiger partial charge in [-0.3, -0.25) is 9.69 Å². The van der Waals surface area contributed by atoms with E-state index < -0.39 is 18.4 Å². The molecular formula is C19H18F4N2O2. The van der Waals surface area contributed by atoms with E-state index >= 15 is 0 Å². The van der Waals surface area contributed by atoms with Crippen LogP contribution in [0.5, 0.6) is 5.75 Å². The van der Waals surface area contributed by atoms with Crippen molar-refractivity contribution >= 4 is 11.6 Å². The van der Waals surface area contributed by atoms with Gasteiger partial charge in [0.05, 0.1) is 6.42 Å². The minimum absolute atomic E-state index is 0.0981. The number of nitrogens with zero attached hydrogens (tertiary/aromatic N) is 1. The Morgan fingerprint density at radius 3 is 2.59 bits per heavy atom. The molecule has 4 nitrogen and oxygen atoms in total. The van der Waals surface area contributed by atoms with Crippen LogP contribution in [0.15, 0.2) is 42.5 Å². The fourth-order valence-corrected chi connectivity index (χ4v) is 2.78. The normalized spacial score (nSPS) is 14.8. The first kappa shape index (κ1) is 19.2. The van der Waals surface area contributed by atoms with Crippen molar-refractivity contribution in [3.8, 4) is 5.75 Å². The minimum atomic E-state index is -4.20. The van der Waals surface area contributed by atoms with Crippen LogP contribution in [0.3, 0.4) is 0 Å². The highest BCUT2D eigenvalue weighted by molar-refractivity contribution is 6.04. The Morgan fingerprint density at radius 2 is 1.89 bits per heavy atom. The van der Waals surface area contributed by atoms with Crippen LogP contribution in [0, 0.1) is 5.82 Å². The Hall–Kier alpha value is -2.61. The van der Waals surface area contributed by atoms with Crippen LogP contribution in [-0.2, 0) is 6.54 Å². The van der Waals surface area contributed by atoms with Gasteiger partial charge in [0.2, 0.25) is 0 Å². The average Bonchev–Trinajstić information content (AvgIpc) is 2.82. The summed E-state index contributed by atoms with van der Waals surface area (Å²) in [5.41, 5.74) is 1.53. The summed E-state index contributed by atoms with van der Waals surface area (Å²) in [5, 5.41) is 2.66. The molecule has 0 fully saturated rings. The van der Waals surface area contributed by atoms with Crippen LogP contribution < -0.4 is 10.1 Å². The van der Waals surface area contributed by atoms with Gasteiger partial charge >= 0.3 is 6.18 Å². The quantitative estimate of drug-likeness (QED) is 0.805. The fourth-order valence-electron chi connectivity index (χ4n) is 2.78. The van der Waals surface area contributed by atoms with E-state index in [2.05, 4.69) is 5.32 Å². The second-order valence-electron chi connectivity index (χ2n) is 6.27. The lowest BCUT2D eigenvalue weighted by Gasteiger charge is -2.20. The lowest BCUT2D eigenvalue weighted by molar-refractivity contribution is -0.138. The van der Waals surface area contributed by atoms with Crippen molar-refractivity contribution in [1.29, 1.82) is 0 Å². The summed E-state index contributed by atoms with van der Waals surface area (Å²) in [6.07, 6.45) is -5.07. The molecule has 0 unspecified atom stereocenters. The summed E-state index contributed by atoms with van der Waals surface area (Å²) >= 11 is 0. The van der Waals surface area contributed by atoms with E-state index in [-0.39, 0.29) is 19.1 Å². The van der Waals surface area contributed by atoms with Crippen molar-refractivity contribution in [3.05, 3.63) is 59.4 Å². The minimum Gasteiger partial charge on any atom is -0.492 e. The molecule has 8 heteroatoms. The molecule has 2 aromatic rings. The monoisotopic (exact) mass is 382 g/mol. The molecule has 144 valence electrons. The van der Waals surface area contributed by atoms with Crippen molar-refractivity contribution in [1.82, 2.24) is 4.90 Å². The number of nitrogens with one attached hydrogen (secondary N) is 1. The van der Waals surface area contributed by atoms with E-state index in [9.17, 15) is 22.4 Å². The number of alkyl halides is 3. The van der Waals surface area contributed by atoms with Crippen LogP contribution >= 0.6 is 0 Å². The Balaban J connectivity index is 1.68. The molecular weight excluding hydrogens is 364 g/mol. The van der Waals surface area contributed by atoms with Crippen LogP contribution in [0.1, 0.15) is 22.3 Å². The molecule has 2 aromatic carbocycles. The van der Waals surface area contributed by atoms with Gasteiger partial charge in [-0.1, -0.05) is 6.07 Å². The number of ether oxygens (including phenoxy) is 1. The van der Waals surface area contributed by atoms with Crippen molar-refractivity contribution in [2.24, 2.45) is 0 Å². The molecule has 0 saturated carbocycles. The number of hydrogen-bond donors (Lipinski definition) is 1. The van der Waals surface area contributed by atoms with Crippen LogP contribution in [0.25, 0.3) is 0 Å². The predicted octanol–water partition coefficient (Wildman–Crippen LogP) is 4.22. The molecule has 0 radical (unpaired) electrons. The molecule has 0 saturated heterocycles. The maximum Gasteiger partial charge on any atom is 0.390 e. The van der Waals surface area contributed by atoms with Gasteiger partial charge in [-0.05, 0) is 36.4 Å². The second kappa shape index (κ2) is 7.96. The number of hydrogen-bond acceptors (Lipinski definition) is 3. The van der Waals surface area contributed by atoms with Crippen LogP contribution in [-0.4, -0.2) is 36.7 Å². The second-order valence-corrected chi connectivity index (χ2v) is 6.27. The fraction of sp³-hybridized carbons (Fsp3) is 0.316. The predicted molar refractivity (Wildman–Crippen MR) is 92.2 cm³/mol. The number of amides is 1. The van der Waals surface area contributed by atoms with Gasteiger partial charge in [0.15, 0.2) is 0 Å². The van der Waals surface area contributed by atoms with Gasteiger partial charge in [0.1, 0.15) is 18.2 Å². The Labute approximate surface area is 153 Å². The SMILES string of the molecule is O=C(Nc1ccc(F)cc1)c1ccc2c(c1)OCCN(CCC(F)(F)F)C2. The van der Waals surface area contributed by atoms with Crippen molar-refractivity contribution in [2.45, 2.75) is 19.1 Å².